The number of rotatable bonds is 13. The van der Waals surface area contributed by atoms with Gasteiger partial charge in [0.2, 0.25) is 0 Å². The summed E-state index contributed by atoms with van der Waals surface area (Å²) in [5.74, 6) is 1.15. The molecule has 9 nitrogen and oxygen atoms in total. The molecule has 1 aliphatic heterocycles. The van der Waals surface area contributed by atoms with Crippen LogP contribution in [0.15, 0.2) is 78.9 Å². The van der Waals surface area contributed by atoms with Gasteiger partial charge in [-0.2, -0.15) is 0 Å². The lowest BCUT2D eigenvalue weighted by Gasteiger charge is -2.40. The number of ether oxygens (including phenoxy) is 5. The minimum atomic E-state index is -0.856. The lowest BCUT2D eigenvalue weighted by atomic mass is 9.85. The van der Waals surface area contributed by atoms with Crippen molar-refractivity contribution in [3.05, 3.63) is 95.6 Å². The summed E-state index contributed by atoms with van der Waals surface area (Å²) in [6.07, 6.45) is -1.38. The van der Waals surface area contributed by atoms with Gasteiger partial charge < -0.3 is 33.6 Å². The maximum absolute atomic E-state index is 12.3. The maximum atomic E-state index is 12.3. The first kappa shape index (κ1) is 32.3. The molecule has 3 unspecified atom stereocenters. The Bertz CT molecular complexity index is 1240. The van der Waals surface area contributed by atoms with Crippen molar-refractivity contribution in [3.8, 4) is 11.5 Å². The number of methoxy groups -OCH3 is 1. The predicted molar refractivity (Wildman–Crippen MR) is 162 cm³/mol. The lowest BCUT2D eigenvalue weighted by Crippen LogP contribution is -2.52. The molecule has 3 aromatic rings. The van der Waals surface area contributed by atoms with E-state index >= 15 is 0 Å². The zero-order chi connectivity index (χ0) is 30.7. The number of piperidine rings is 1. The highest BCUT2D eigenvalue weighted by Crippen LogP contribution is 2.33. The molecule has 0 aromatic heterocycles. The van der Waals surface area contributed by atoms with E-state index in [0.717, 1.165) is 34.6 Å². The molecule has 1 heterocycles. The van der Waals surface area contributed by atoms with Crippen molar-refractivity contribution in [2.75, 3.05) is 33.4 Å². The molecule has 1 saturated heterocycles. The maximum Gasteiger partial charge on any atom is 0.528 e. The molecule has 3 atom stereocenters. The van der Waals surface area contributed by atoms with Gasteiger partial charge in [0.25, 0.3) is 0 Å². The fraction of sp³-hybridized carbons (Fsp3) is 0.441. The van der Waals surface area contributed by atoms with E-state index in [1.165, 1.54) is 5.06 Å². The summed E-state index contributed by atoms with van der Waals surface area (Å²) in [5, 5.41) is 12.6. The van der Waals surface area contributed by atoms with Crippen LogP contribution in [0.25, 0.3) is 0 Å². The smallest absolute Gasteiger partial charge is 0.497 e. The number of hydroxylamine groups is 2. The van der Waals surface area contributed by atoms with E-state index < -0.39 is 24.0 Å². The first-order chi connectivity index (χ1) is 20.7. The summed E-state index contributed by atoms with van der Waals surface area (Å²) < 4.78 is 28.5. The SMILES string of the molecule is COc1ccc(COC2CN(OC(=O)OC(C)(C)C)CC(O)C2c2ccc(OCCCOCc3ccccc3)cc2)cc1. The molecular formula is C34H43NO8. The van der Waals surface area contributed by atoms with Crippen LogP contribution in [0.1, 0.15) is 49.8 Å². The van der Waals surface area contributed by atoms with Crippen LogP contribution in [-0.2, 0) is 32.3 Å². The zero-order valence-corrected chi connectivity index (χ0v) is 25.4. The first-order valence-corrected chi connectivity index (χ1v) is 14.6. The number of hydrogen-bond donors (Lipinski definition) is 1. The minimum absolute atomic E-state index is 0.119. The Hall–Kier alpha value is -3.63. The molecule has 0 bridgehead atoms. The van der Waals surface area contributed by atoms with E-state index in [0.29, 0.717) is 26.4 Å². The van der Waals surface area contributed by atoms with Gasteiger partial charge in [-0.15, -0.1) is 5.06 Å². The van der Waals surface area contributed by atoms with Gasteiger partial charge in [0.05, 0.1) is 58.8 Å². The van der Waals surface area contributed by atoms with Crippen LogP contribution in [0.2, 0.25) is 0 Å². The fourth-order valence-electron chi connectivity index (χ4n) is 4.83. The molecule has 4 rings (SSSR count). The molecule has 232 valence electrons. The van der Waals surface area contributed by atoms with Crippen LogP contribution in [0.5, 0.6) is 11.5 Å². The van der Waals surface area contributed by atoms with E-state index in [1.807, 2.05) is 78.9 Å². The molecule has 43 heavy (non-hydrogen) atoms. The molecule has 0 aliphatic carbocycles. The van der Waals surface area contributed by atoms with Gasteiger partial charge in [-0.1, -0.05) is 54.6 Å². The highest BCUT2D eigenvalue weighted by atomic mass is 16.8. The number of benzene rings is 3. The van der Waals surface area contributed by atoms with Crippen LogP contribution in [0.4, 0.5) is 4.79 Å². The Morgan fingerprint density at radius 2 is 1.53 bits per heavy atom. The van der Waals surface area contributed by atoms with Crippen LogP contribution >= 0.6 is 0 Å². The standard InChI is InChI=1S/C34H43NO8/c1-34(2,3)42-33(37)43-35-21-30(36)32(31(22-35)41-24-26-11-15-28(38-4)16-12-26)27-13-17-29(18-14-27)40-20-8-19-39-23-25-9-6-5-7-10-25/h5-7,9-18,30-32,36H,8,19-24H2,1-4H3. The van der Waals surface area contributed by atoms with Crippen molar-refractivity contribution in [2.24, 2.45) is 0 Å². The van der Waals surface area contributed by atoms with Gasteiger partial charge in [0.1, 0.15) is 17.1 Å². The van der Waals surface area contributed by atoms with Crippen molar-refractivity contribution >= 4 is 6.16 Å². The second-order valence-corrected chi connectivity index (χ2v) is 11.5. The van der Waals surface area contributed by atoms with Crippen molar-refractivity contribution in [1.29, 1.82) is 0 Å². The van der Waals surface area contributed by atoms with E-state index in [1.54, 1.807) is 27.9 Å². The van der Waals surface area contributed by atoms with Crippen LogP contribution in [0, 0.1) is 0 Å². The average molecular weight is 594 g/mol. The fourth-order valence-corrected chi connectivity index (χ4v) is 4.83. The average Bonchev–Trinajstić information content (AvgIpc) is 2.98. The Kier molecular flexibility index (Phi) is 11.8. The van der Waals surface area contributed by atoms with Crippen LogP contribution in [0.3, 0.4) is 0 Å². The molecule has 0 amide bonds. The van der Waals surface area contributed by atoms with Crippen molar-refractivity contribution in [2.45, 2.75) is 64.1 Å². The number of carbonyl (C=O) groups is 1. The molecule has 1 aliphatic rings. The third kappa shape index (κ3) is 10.5. The summed E-state index contributed by atoms with van der Waals surface area (Å²) in [5.41, 5.74) is 2.31. The Balaban J connectivity index is 1.35. The van der Waals surface area contributed by atoms with E-state index in [2.05, 4.69) is 0 Å². The summed E-state index contributed by atoms with van der Waals surface area (Å²) in [4.78, 5) is 17.8. The normalized spacial score (nSPS) is 19.0. The minimum Gasteiger partial charge on any atom is -0.497 e. The molecule has 9 heteroatoms. The molecule has 1 N–H and O–H groups in total. The lowest BCUT2D eigenvalue weighted by molar-refractivity contribution is -0.201. The number of aliphatic hydroxyl groups excluding tert-OH is 1. The second kappa shape index (κ2) is 15.7. The summed E-state index contributed by atoms with van der Waals surface area (Å²) in [6.45, 7) is 7.72. The van der Waals surface area contributed by atoms with Crippen molar-refractivity contribution < 1.29 is 38.4 Å². The number of hydrogen-bond acceptors (Lipinski definition) is 9. The molecule has 0 saturated carbocycles. The quantitative estimate of drug-likeness (QED) is 0.192. The highest BCUT2D eigenvalue weighted by molar-refractivity contribution is 5.60. The van der Waals surface area contributed by atoms with Crippen molar-refractivity contribution in [1.82, 2.24) is 5.06 Å². The highest BCUT2D eigenvalue weighted by Gasteiger charge is 2.40. The molecule has 1 fully saturated rings. The third-order valence-electron chi connectivity index (χ3n) is 6.88. The molecule has 0 spiro atoms. The largest absolute Gasteiger partial charge is 0.528 e. The van der Waals surface area contributed by atoms with E-state index in [4.69, 9.17) is 28.5 Å². The number of nitrogens with zero attached hydrogens (tertiary/aromatic N) is 1. The Morgan fingerprint density at radius 1 is 0.860 bits per heavy atom. The Labute approximate surface area is 254 Å². The summed E-state index contributed by atoms with van der Waals surface area (Å²) >= 11 is 0. The van der Waals surface area contributed by atoms with Crippen molar-refractivity contribution in [3.63, 3.8) is 0 Å². The van der Waals surface area contributed by atoms with Crippen LogP contribution < -0.4 is 9.47 Å². The van der Waals surface area contributed by atoms with Gasteiger partial charge in [-0.3, -0.25) is 0 Å². The third-order valence-corrected chi connectivity index (χ3v) is 6.88. The first-order valence-electron chi connectivity index (χ1n) is 14.6. The predicted octanol–water partition coefficient (Wildman–Crippen LogP) is 5.89. The van der Waals surface area contributed by atoms with E-state index in [-0.39, 0.29) is 19.0 Å². The van der Waals surface area contributed by atoms with Gasteiger partial charge in [0.15, 0.2) is 0 Å². The zero-order valence-electron chi connectivity index (χ0n) is 25.4. The number of β-amino-alcohol motifs (C(OH)–C–C–N with tert-alkyl or cyclic N) is 1. The van der Waals surface area contributed by atoms with E-state index in [9.17, 15) is 9.90 Å². The molecular weight excluding hydrogens is 550 g/mol. The number of carbonyl (C=O) groups excluding carboxylic acids is 1. The van der Waals surface area contributed by atoms with Gasteiger partial charge in [-0.25, -0.2) is 4.79 Å². The monoisotopic (exact) mass is 593 g/mol. The molecule has 0 radical (unpaired) electrons. The summed E-state index contributed by atoms with van der Waals surface area (Å²) in [7, 11) is 1.62. The second-order valence-electron chi connectivity index (χ2n) is 11.5. The van der Waals surface area contributed by atoms with Gasteiger partial charge in [-0.05, 0) is 61.7 Å². The van der Waals surface area contributed by atoms with Gasteiger partial charge in [0, 0.05) is 12.3 Å². The topological polar surface area (TPSA) is 95.9 Å². The number of aliphatic hydroxyl groups is 1. The Morgan fingerprint density at radius 3 is 2.21 bits per heavy atom. The molecule has 3 aromatic carbocycles. The summed E-state index contributed by atoms with van der Waals surface area (Å²) in [6, 6.07) is 25.4. The van der Waals surface area contributed by atoms with Gasteiger partial charge >= 0.3 is 6.16 Å². The van der Waals surface area contributed by atoms with Crippen LogP contribution in [-0.4, -0.2) is 67.5 Å².